The van der Waals surface area contributed by atoms with Crippen molar-refractivity contribution in [1.29, 1.82) is 5.26 Å². The van der Waals surface area contributed by atoms with Gasteiger partial charge in [0.1, 0.15) is 11.9 Å². The predicted octanol–water partition coefficient (Wildman–Crippen LogP) is 4.05. The number of nitriles is 1. The quantitative estimate of drug-likeness (QED) is 0.142. The highest BCUT2D eigenvalue weighted by Crippen LogP contribution is 2.13. The zero-order valence-electron chi connectivity index (χ0n) is 25.6. The fourth-order valence-corrected chi connectivity index (χ4v) is 2.64. The SMILES string of the molecule is C=C(C)C(N)=O.C=CCC#N.CC.CC.CN=C1/C(=C\CC(O)NCCCn2ccnc2)N=CN1CCCOC. The van der Waals surface area contributed by atoms with Crippen LogP contribution in [0.3, 0.4) is 0 Å². The van der Waals surface area contributed by atoms with Gasteiger partial charge >= 0.3 is 0 Å². The molecule has 2 heterocycles. The number of carbonyl (C=O) groups is 1. The number of nitrogens with one attached hydrogen (secondary N) is 1. The molecule has 1 aromatic rings. The van der Waals surface area contributed by atoms with Gasteiger partial charge in [-0.1, -0.05) is 46.4 Å². The van der Waals surface area contributed by atoms with Crippen LogP contribution in [0.1, 0.15) is 60.3 Å². The van der Waals surface area contributed by atoms with E-state index in [1.54, 1.807) is 46.0 Å². The fourth-order valence-electron chi connectivity index (χ4n) is 2.64. The van der Waals surface area contributed by atoms with Crippen LogP contribution in [0.2, 0.25) is 0 Å². The second kappa shape index (κ2) is 30.0. The number of allylic oxidation sites excluding steroid dienone is 1. The highest BCUT2D eigenvalue weighted by molar-refractivity contribution is 6.08. The molecular weight excluding hydrogens is 508 g/mol. The largest absolute Gasteiger partial charge is 0.385 e. The van der Waals surface area contributed by atoms with Crippen LogP contribution >= 0.6 is 0 Å². The second-order valence-corrected chi connectivity index (χ2v) is 7.58. The van der Waals surface area contributed by atoms with E-state index in [9.17, 15) is 9.90 Å². The van der Waals surface area contributed by atoms with Crippen molar-refractivity contribution in [2.45, 2.75) is 73.1 Å². The number of ether oxygens (including phenoxy) is 1. The van der Waals surface area contributed by atoms with Gasteiger partial charge in [-0.2, -0.15) is 5.26 Å². The normalized spacial score (nSPS) is 13.7. The number of primary amides is 1. The lowest BCUT2D eigenvalue weighted by molar-refractivity contribution is -0.114. The number of rotatable bonds is 13. The number of aliphatic imine (C=N–C) groups is 2. The molecule has 2 rings (SSSR count). The molecule has 0 radical (unpaired) electrons. The summed E-state index contributed by atoms with van der Waals surface area (Å²) in [5.41, 5.74) is 5.90. The smallest absolute Gasteiger partial charge is 0.243 e. The zero-order chi connectivity index (χ0) is 31.2. The van der Waals surface area contributed by atoms with Gasteiger partial charge in [-0.15, -0.1) is 6.58 Å². The van der Waals surface area contributed by atoms with Crippen LogP contribution in [0.5, 0.6) is 0 Å². The molecule has 226 valence electrons. The fraction of sp³-hybridized carbons (Fsp3) is 0.552. The molecule has 1 aliphatic rings. The zero-order valence-corrected chi connectivity index (χ0v) is 25.6. The number of hydrogen-bond donors (Lipinski definition) is 3. The van der Waals surface area contributed by atoms with Crippen molar-refractivity contribution >= 4 is 18.1 Å². The Balaban J connectivity index is -0.000000758. The van der Waals surface area contributed by atoms with Crippen LogP contribution in [0.15, 0.2) is 65.3 Å². The number of aliphatic hydroxyl groups excluding tert-OH is 1. The number of nitrogens with zero attached hydrogens (tertiary/aromatic N) is 6. The van der Waals surface area contributed by atoms with E-state index in [1.807, 2.05) is 55.5 Å². The number of aliphatic hydroxyl groups is 1. The van der Waals surface area contributed by atoms with Gasteiger partial charge in [-0.25, -0.2) is 9.98 Å². The van der Waals surface area contributed by atoms with Gasteiger partial charge in [0, 0.05) is 58.2 Å². The van der Waals surface area contributed by atoms with Crippen LogP contribution < -0.4 is 11.1 Å². The number of aromatic nitrogens is 2. The third kappa shape index (κ3) is 22.4. The Hall–Kier alpha value is -3.59. The van der Waals surface area contributed by atoms with Crippen LogP contribution in [0.4, 0.5) is 0 Å². The van der Waals surface area contributed by atoms with Crippen molar-refractivity contribution in [3.05, 3.63) is 55.3 Å². The Bertz CT molecular complexity index is 891. The number of methoxy groups -OCH3 is 1. The Labute approximate surface area is 241 Å². The average Bonchev–Trinajstić information content (AvgIpc) is 3.63. The molecule has 0 saturated heterocycles. The van der Waals surface area contributed by atoms with E-state index in [4.69, 9.17) is 15.7 Å². The van der Waals surface area contributed by atoms with E-state index in [-0.39, 0.29) is 0 Å². The van der Waals surface area contributed by atoms with Gasteiger partial charge in [0.2, 0.25) is 5.91 Å². The first-order chi connectivity index (χ1) is 19.3. The molecule has 40 heavy (non-hydrogen) atoms. The van der Waals surface area contributed by atoms with Crippen molar-refractivity contribution in [3.63, 3.8) is 0 Å². The van der Waals surface area contributed by atoms with Crippen molar-refractivity contribution in [3.8, 4) is 6.07 Å². The third-order valence-electron chi connectivity index (χ3n) is 4.52. The maximum atomic E-state index is 10.1. The minimum atomic E-state index is -0.592. The highest BCUT2D eigenvalue weighted by atomic mass is 16.5. The first kappa shape index (κ1) is 40.9. The Kier molecular flexibility index (Phi) is 30.6. The molecule has 1 atom stereocenters. The monoisotopic (exact) mass is 560 g/mol. The van der Waals surface area contributed by atoms with Gasteiger partial charge in [0.15, 0.2) is 5.84 Å². The molecule has 11 heteroatoms. The standard InChI is InChI=1S/C17H28N6O2.C4H7NO.C4H5N.2C2H6/c1-18-17-15(21-14-23(17)10-4-12-25-2)5-6-16(24)20-7-3-9-22-11-8-19-13-22;1-3(2)4(5)6;1-2-3-4-5;2*1-2/h5,8,11,13-14,16,20,24H,3-4,6-7,9-10,12H2,1-2H3;1H2,2H3,(H2,5,6);2H,1,3H2;2*1-2H3/b15-5+,18-17?;;;;. The number of hydrogen-bond acceptors (Lipinski definition) is 8. The molecule has 0 bridgehead atoms. The first-order valence-corrected chi connectivity index (χ1v) is 13.6. The molecule has 0 aromatic carbocycles. The molecule has 1 unspecified atom stereocenters. The predicted molar refractivity (Wildman–Crippen MR) is 166 cm³/mol. The molecule has 4 N–H and O–H groups in total. The summed E-state index contributed by atoms with van der Waals surface area (Å²) in [5, 5.41) is 20.9. The van der Waals surface area contributed by atoms with Crippen molar-refractivity contribution < 1.29 is 14.6 Å². The van der Waals surface area contributed by atoms with Crippen molar-refractivity contribution in [1.82, 2.24) is 19.8 Å². The summed E-state index contributed by atoms with van der Waals surface area (Å²) in [6.45, 7) is 19.3. The summed E-state index contributed by atoms with van der Waals surface area (Å²) in [4.78, 5) is 24.5. The highest BCUT2D eigenvalue weighted by Gasteiger charge is 2.19. The third-order valence-corrected chi connectivity index (χ3v) is 4.52. The molecule has 1 amide bonds. The number of carbonyl (C=O) groups excluding carboxylic acids is 1. The van der Waals surface area contributed by atoms with Crippen molar-refractivity contribution in [2.75, 3.05) is 33.9 Å². The molecular formula is C29H52N8O3. The van der Waals surface area contributed by atoms with E-state index in [0.717, 1.165) is 44.0 Å². The van der Waals surface area contributed by atoms with Crippen LogP contribution in [0.25, 0.3) is 0 Å². The first-order valence-electron chi connectivity index (χ1n) is 13.6. The topological polar surface area (TPSA) is 154 Å². The summed E-state index contributed by atoms with van der Waals surface area (Å²) in [7, 11) is 3.45. The Morgan fingerprint density at radius 3 is 2.42 bits per heavy atom. The Morgan fingerprint density at radius 2 is 1.98 bits per heavy atom. The molecule has 1 aliphatic heterocycles. The Morgan fingerprint density at radius 1 is 1.32 bits per heavy atom. The number of imidazole rings is 1. The van der Waals surface area contributed by atoms with E-state index >= 15 is 0 Å². The van der Waals surface area contributed by atoms with Crippen molar-refractivity contribution in [2.24, 2.45) is 15.7 Å². The van der Waals surface area contributed by atoms with E-state index in [0.29, 0.717) is 25.0 Å². The summed E-state index contributed by atoms with van der Waals surface area (Å²) in [6, 6.07) is 1.90. The van der Waals surface area contributed by atoms with E-state index in [2.05, 4.69) is 33.4 Å². The van der Waals surface area contributed by atoms with Crippen LogP contribution in [-0.2, 0) is 16.1 Å². The summed E-state index contributed by atoms with van der Waals surface area (Å²) in [6.07, 6.45) is 13.0. The van der Waals surface area contributed by atoms with Crippen LogP contribution in [0, 0.1) is 11.3 Å². The van der Waals surface area contributed by atoms with Gasteiger partial charge in [0.05, 0.1) is 25.2 Å². The lowest BCUT2D eigenvalue weighted by Gasteiger charge is -2.15. The number of amidine groups is 1. The summed E-state index contributed by atoms with van der Waals surface area (Å²) < 4.78 is 7.09. The average molecular weight is 561 g/mol. The van der Waals surface area contributed by atoms with Gasteiger partial charge in [-0.05, 0) is 26.3 Å². The summed E-state index contributed by atoms with van der Waals surface area (Å²) >= 11 is 0. The molecule has 1 aromatic heterocycles. The minimum absolute atomic E-state index is 0.398. The van der Waals surface area contributed by atoms with Crippen LogP contribution in [-0.4, -0.2) is 77.7 Å². The lowest BCUT2D eigenvalue weighted by atomic mass is 10.2. The lowest BCUT2D eigenvalue weighted by Crippen LogP contribution is -2.30. The number of aryl methyl sites for hydroxylation is 1. The molecule has 0 fully saturated rings. The summed E-state index contributed by atoms with van der Waals surface area (Å²) in [5.74, 6) is 0.401. The minimum Gasteiger partial charge on any atom is -0.385 e. The molecule has 0 saturated carbocycles. The van der Waals surface area contributed by atoms with Gasteiger partial charge in [-0.3, -0.25) is 15.1 Å². The molecule has 0 aliphatic carbocycles. The van der Waals surface area contributed by atoms with Gasteiger partial charge in [0.25, 0.3) is 0 Å². The number of nitrogens with two attached hydrogens (primary N) is 1. The maximum absolute atomic E-state index is 10.1. The van der Waals surface area contributed by atoms with E-state index < -0.39 is 12.1 Å². The maximum Gasteiger partial charge on any atom is 0.243 e. The second-order valence-electron chi connectivity index (χ2n) is 7.58. The number of amides is 1. The van der Waals surface area contributed by atoms with Gasteiger partial charge < -0.3 is 25.0 Å². The van der Waals surface area contributed by atoms with E-state index in [1.165, 1.54) is 0 Å². The molecule has 11 nitrogen and oxygen atoms in total. The molecule has 0 spiro atoms.